The van der Waals surface area contributed by atoms with Crippen molar-refractivity contribution in [2.24, 2.45) is 0 Å². The van der Waals surface area contributed by atoms with Crippen molar-refractivity contribution in [3.63, 3.8) is 0 Å². The summed E-state index contributed by atoms with van der Waals surface area (Å²) in [6, 6.07) is 23.7. The van der Waals surface area contributed by atoms with E-state index in [1.165, 1.54) is 4.90 Å². The topological polar surface area (TPSA) is 77.1 Å². The van der Waals surface area contributed by atoms with Gasteiger partial charge in [-0.1, -0.05) is 42.5 Å². The van der Waals surface area contributed by atoms with Crippen LogP contribution in [-0.2, 0) is 11.3 Å². The van der Waals surface area contributed by atoms with Gasteiger partial charge in [0.15, 0.2) is 0 Å². The molecule has 0 spiro atoms. The van der Waals surface area contributed by atoms with Crippen LogP contribution in [0.1, 0.15) is 34.0 Å². The summed E-state index contributed by atoms with van der Waals surface area (Å²) in [5.74, 6) is 0.680. The summed E-state index contributed by atoms with van der Waals surface area (Å²) in [7, 11) is 5.14. The van der Waals surface area contributed by atoms with E-state index in [4.69, 9.17) is 14.2 Å². The van der Waals surface area contributed by atoms with Gasteiger partial charge in [-0.15, -0.1) is 0 Å². The second kappa shape index (κ2) is 12.4. The lowest BCUT2D eigenvalue weighted by Gasteiger charge is -2.20. The number of rotatable bonds is 10. The van der Waals surface area contributed by atoms with Crippen molar-refractivity contribution >= 4 is 12.1 Å². The first-order valence-electron chi connectivity index (χ1n) is 11.1. The predicted molar refractivity (Wildman–Crippen MR) is 130 cm³/mol. The summed E-state index contributed by atoms with van der Waals surface area (Å²) in [5.41, 5.74) is 2.26. The van der Waals surface area contributed by atoms with Crippen molar-refractivity contribution in [2.75, 3.05) is 27.7 Å². The lowest BCUT2D eigenvalue weighted by molar-refractivity contribution is 0.0472. The van der Waals surface area contributed by atoms with Gasteiger partial charge in [0.25, 0.3) is 0 Å². The molecular formula is C27H30N2O5. The number of hydrogen-bond donors (Lipinski definition) is 1. The van der Waals surface area contributed by atoms with Crippen molar-refractivity contribution in [2.45, 2.75) is 19.1 Å². The maximum Gasteiger partial charge on any atom is 0.414 e. The molecule has 0 aromatic heterocycles. The summed E-state index contributed by atoms with van der Waals surface area (Å²) in [4.78, 5) is 25.6. The molecule has 0 aliphatic heterocycles. The van der Waals surface area contributed by atoms with Crippen molar-refractivity contribution in [1.29, 1.82) is 0 Å². The molecule has 0 bridgehead atoms. The number of ether oxygens (including phenoxy) is 3. The summed E-state index contributed by atoms with van der Waals surface area (Å²) in [5, 5.41) is 3.13. The normalized spacial score (nSPS) is 11.4. The molecule has 3 rings (SSSR count). The maximum absolute atomic E-state index is 12.4. The third-order valence-electron chi connectivity index (χ3n) is 5.04. The van der Waals surface area contributed by atoms with Crippen LogP contribution in [0.25, 0.3) is 0 Å². The van der Waals surface area contributed by atoms with E-state index in [0.29, 0.717) is 23.5 Å². The van der Waals surface area contributed by atoms with E-state index in [1.54, 1.807) is 50.5 Å². The van der Waals surface area contributed by atoms with Gasteiger partial charge in [0.05, 0.1) is 5.56 Å². The number of nitrogens with zero attached hydrogens (tertiary/aromatic N) is 1. The Balaban J connectivity index is 1.67. The minimum Gasteiger partial charge on any atom is -0.486 e. The highest BCUT2D eigenvalue weighted by atomic mass is 16.6. The van der Waals surface area contributed by atoms with Crippen molar-refractivity contribution < 1.29 is 23.8 Å². The van der Waals surface area contributed by atoms with Crippen LogP contribution in [-0.4, -0.2) is 44.7 Å². The molecule has 1 atom stereocenters. The molecular weight excluding hydrogens is 432 g/mol. The minimum atomic E-state index is -0.445. The molecule has 34 heavy (non-hydrogen) atoms. The first-order valence-corrected chi connectivity index (χ1v) is 11.1. The lowest BCUT2D eigenvalue weighted by atomic mass is 10.1. The van der Waals surface area contributed by atoms with E-state index in [0.717, 1.165) is 17.7 Å². The molecule has 0 aliphatic carbocycles. The number of nitrogens with one attached hydrogen (secondary N) is 1. The Labute approximate surface area is 200 Å². The van der Waals surface area contributed by atoms with Gasteiger partial charge in [0, 0.05) is 20.5 Å². The highest BCUT2D eigenvalue weighted by Gasteiger charge is 2.16. The third-order valence-corrected chi connectivity index (χ3v) is 5.04. The Morgan fingerprint density at radius 1 is 0.912 bits per heavy atom. The Hall–Kier alpha value is -3.84. The molecule has 178 valence electrons. The zero-order chi connectivity index (χ0) is 24.3. The SMILES string of the molecule is CNCCC(Oc1ccc(C(=O)OCc2ccccc2)cc1)c1cccc(OC(=O)N(C)C)c1. The van der Waals surface area contributed by atoms with E-state index in [-0.39, 0.29) is 12.7 Å². The van der Waals surface area contributed by atoms with Gasteiger partial charge in [0.1, 0.15) is 24.2 Å². The molecule has 0 heterocycles. The highest BCUT2D eigenvalue weighted by molar-refractivity contribution is 5.89. The van der Waals surface area contributed by atoms with Crippen LogP contribution in [0.2, 0.25) is 0 Å². The Kier molecular flexibility index (Phi) is 9.05. The molecule has 1 unspecified atom stereocenters. The molecule has 3 aromatic carbocycles. The van der Waals surface area contributed by atoms with Gasteiger partial charge in [-0.25, -0.2) is 9.59 Å². The number of amides is 1. The van der Waals surface area contributed by atoms with Crippen LogP contribution in [0.5, 0.6) is 11.5 Å². The van der Waals surface area contributed by atoms with Gasteiger partial charge in [-0.05, 0) is 61.1 Å². The van der Waals surface area contributed by atoms with Gasteiger partial charge in [0.2, 0.25) is 0 Å². The van der Waals surface area contributed by atoms with Crippen LogP contribution in [0.15, 0.2) is 78.9 Å². The van der Waals surface area contributed by atoms with E-state index in [1.807, 2.05) is 49.5 Å². The number of carbonyl (C=O) groups excluding carboxylic acids is 2. The molecule has 3 aromatic rings. The van der Waals surface area contributed by atoms with E-state index < -0.39 is 12.1 Å². The van der Waals surface area contributed by atoms with Gasteiger partial charge >= 0.3 is 12.1 Å². The standard InChI is InChI=1S/C27H30N2O5/c1-28-17-16-25(22-10-7-11-24(18-22)34-27(31)29(2)3)33-23-14-12-21(13-15-23)26(30)32-19-20-8-5-4-6-9-20/h4-15,18,25,28H,16-17,19H2,1-3H3. The van der Waals surface area contributed by atoms with E-state index in [9.17, 15) is 9.59 Å². The number of esters is 1. The van der Waals surface area contributed by atoms with Gasteiger partial charge in [-0.3, -0.25) is 0 Å². The molecule has 1 N–H and O–H groups in total. The Morgan fingerprint density at radius 3 is 2.32 bits per heavy atom. The van der Waals surface area contributed by atoms with E-state index >= 15 is 0 Å². The average molecular weight is 463 g/mol. The Bertz CT molecular complexity index is 1070. The maximum atomic E-state index is 12.4. The van der Waals surface area contributed by atoms with Crippen LogP contribution in [0.3, 0.4) is 0 Å². The van der Waals surface area contributed by atoms with Crippen LogP contribution < -0.4 is 14.8 Å². The number of carbonyl (C=O) groups is 2. The zero-order valence-electron chi connectivity index (χ0n) is 19.7. The van der Waals surface area contributed by atoms with Crippen LogP contribution >= 0.6 is 0 Å². The molecule has 0 saturated carbocycles. The van der Waals surface area contributed by atoms with Gasteiger partial charge in [-0.2, -0.15) is 0 Å². The summed E-state index contributed by atoms with van der Waals surface area (Å²) < 4.78 is 17.0. The lowest BCUT2D eigenvalue weighted by Crippen LogP contribution is -2.25. The highest BCUT2D eigenvalue weighted by Crippen LogP contribution is 2.28. The van der Waals surface area contributed by atoms with Crippen molar-refractivity contribution in [3.05, 3.63) is 95.6 Å². The summed E-state index contributed by atoms with van der Waals surface area (Å²) in [6.07, 6.45) is -0.0245. The largest absolute Gasteiger partial charge is 0.486 e. The molecule has 1 amide bonds. The molecule has 0 radical (unpaired) electrons. The molecule has 7 nitrogen and oxygen atoms in total. The minimum absolute atomic E-state index is 0.221. The molecule has 7 heteroatoms. The molecule has 0 fully saturated rings. The fraction of sp³-hybridized carbons (Fsp3) is 0.259. The van der Waals surface area contributed by atoms with Gasteiger partial charge < -0.3 is 24.4 Å². The monoisotopic (exact) mass is 462 g/mol. The van der Waals surface area contributed by atoms with Crippen molar-refractivity contribution in [3.8, 4) is 11.5 Å². The van der Waals surface area contributed by atoms with Crippen LogP contribution in [0, 0.1) is 0 Å². The average Bonchev–Trinajstić information content (AvgIpc) is 2.86. The first kappa shape index (κ1) is 24.8. The summed E-state index contributed by atoms with van der Waals surface area (Å²) >= 11 is 0. The third kappa shape index (κ3) is 7.35. The Morgan fingerprint density at radius 2 is 1.65 bits per heavy atom. The van der Waals surface area contributed by atoms with Crippen LogP contribution in [0.4, 0.5) is 4.79 Å². The number of benzene rings is 3. The fourth-order valence-electron chi connectivity index (χ4n) is 3.18. The zero-order valence-corrected chi connectivity index (χ0v) is 19.7. The quantitative estimate of drug-likeness (QED) is 0.435. The van der Waals surface area contributed by atoms with Crippen molar-refractivity contribution in [1.82, 2.24) is 10.2 Å². The number of hydrogen-bond acceptors (Lipinski definition) is 6. The molecule has 0 aliphatic rings. The van der Waals surface area contributed by atoms with E-state index in [2.05, 4.69) is 5.32 Å². The first-order chi connectivity index (χ1) is 16.5. The summed E-state index contributed by atoms with van der Waals surface area (Å²) in [6.45, 7) is 0.953. The second-order valence-corrected chi connectivity index (χ2v) is 7.92. The predicted octanol–water partition coefficient (Wildman–Crippen LogP) is 4.83. The molecule has 0 saturated heterocycles. The smallest absolute Gasteiger partial charge is 0.414 e. The fourth-order valence-corrected chi connectivity index (χ4v) is 3.18. The second-order valence-electron chi connectivity index (χ2n) is 7.92.